The number of unbranched alkanes of at least 4 members (excludes halogenated alkanes) is 29. The van der Waals surface area contributed by atoms with Crippen molar-refractivity contribution in [2.75, 3.05) is 40.9 Å². The fourth-order valence-electron chi connectivity index (χ4n) is 6.81. The predicted octanol–water partition coefficient (Wildman–Crippen LogP) is 12.8. The standard InChI is InChI=1S/C45H91N2O6P/c1-6-8-10-12-14-16-18-19-20-21-22-23-24-25-26-27-29-30-32-34-36-38-44(48)43(42-53-54(50,51)52-41-40-47(3,4)5)46-45(49)39-37-35-33-31-28-17-15-13-11-9-7-2/h36,38,43-44,48H,6-35,37,39-42H2,1-5H3,(H-,46,49,50,51)/p+1/b38-36+. The summed E-state index contributed by atoms with van der Waals surface area (Å²) >= 11 is 0. The summed E-state index contributed by atoms with van der Waals surface area (Å²) in [5.74, 6) is -0.176. The monoisotopic (exact) mass is 788 g/mol. The zero-order valence-corrected chi connectivity index (χ0v) is 37.4. The topological polar surface area (TPSA) is 105 Å². The molecule has 0 heterocycles. The van der Waals surface area contributed by atoms with Crippen LogP contribution in [0.1, 0.15) is 219 Å². The number of nitrogens with one attached hydrogen (secondary N) is 1. The van der Waals surface area contributed by atoms with E-state index in [1.165, 1.54) is 167 Å². The minimum Gasteiger partial charge on any atom is -0.387 e. The Hall–Kier alpha value is -0.760. The third kappa shape index (κ3) is 39.5. The smallest absolute Gasteiger partial charge is 0.387 e. The lowest BCUT2D eigenvalue weighted by atomic mass is 10.0. The van der Waals surface area contributed by atoms with Gasteiger partial charge in [0, 0.05) is 6.42 Å². The van der Waals surface area contributed by atoms with Gasteiger partial charge in [0.25, 0.3) is 0 Å². The number of phosphoric acid groups is 1. The van der Waals surface area contributed by atoms with Gasteiger partial charge in [0.1, 0.15) is 13.2 Å². The molecular formula is C45H92N2O6P+. The summed E-state index contributed by atoms with van der Waals surface area (Å²) in [6, 6.07) is -0.839. The predicted molar refractivity (Wildman–Crippen MR) is 231 cm³/mol. The Morgan fingerprint density at radius 1 is 0.611 bits per heavy atom. The van der Waals surface area contributed by atoms with Crippen LogP contribution >= 0.6 is 7.82 Å². The number of aliphatic hydroxyl groups excluding tert-OH is 1. The van der Waals surface area contributed by atoms with Crippen LogP contribution in [0.5, 0.6) is 0 Å². The van der Waals surface area contributed by atoms with Crippen LogP contribution in [0.3, 0.4) is 0 Å². The number of likely N-dealkylation sites (N-methyl/N-ethyl adjacent to an activating group) is 1. The van der Waals surface area contributed by atoms with Crippen LogP contribution in [-0.4, -0.2) is 73.4 Å². The third-order valence-corrected chi connectivity index (χ3v) is 11.5. The number of hydrogen-bond donors (Lipinski definition) is 3. The molecule has 0 aromatic carbocycles. The summed E-state index contributed by atoms with van der Waals surface area (Å²) in [4.78, 5) is 23.1. The van der Waals surface area contributed by atoms with Gasteiger partial charge in [-0.05, 0) is 19.3 Å². The van der Waals surface area contributed by atoms with Crippen molar-refractivity contribution in [3.8, 4) is 0 Å². The molecule has 322 valence electrons. The van der Waals surface area contributed by atoms with E-state index in [-0.39, 0.29) is 19.1 Å². The van der Waals surface area contributed by atoms with Crippen LogP contribution in [0, 0.1) is 0 Å². The number of nitrogens with zero attached hydrogens (tertiary/aromatic N) is 1. The zero-order valence-electron chi connectivity index (χ0n) is 36.5. The average molecular weight is 788 g/mol. The van der Waals surface area contributed by atoms with E-state index in [0.717, 1.165) is 32.1 Å². The summed E-state index contributed by atoms with van der Waals surface area (Å²) in [6.07, 6.45) is 42.8. The van der Waals surface area contributed by atoms with Crippen LogP contribution in [0.15, 0.2) is 12.2 Å². The van der Waals surface area contributed by atoms with E-state index >= 15 is 0 Å². The van der Waals surface area contributed by atoms with Gasteiger partial charge < -0.3 is 19.8 Å². The average Bonchev–Trinajstić information content (AvgIpc) is 3.12. The first-order chi connectivity index (χ1) is 26.0. The lowest BCUT2D eigenvalue weighted by Crippen LogP contribution is -2.45. The molecule has 0 aliphatic carbocycles. The van der Waals surface area contributed by atoms with Gasteiger partial charge >= 0.3 is 7.82 Å². The Kier molecular flexibility index (Phi) is 37.3. The maximum atomic E-state index is 12.8. The molecule has 0 aliphatic rings. The Morgan fingerprint density at radius 2 is 0.981 bits per heavy atom. The number of phosphoric ester groups is 1. The van der Waals surface area contributed by atoms with Crippen molar-refractivity contribution in [1.82, 2.24) is 5.32 Å². The summed E-state index contributed by atoms with van der Waals surface area (Å²) in [7, 11) is 1.58. The van der Waals surface area contributed by atoms with Crippen LogP contribution in [-0.2, 0) is 18.4 Å². The van der Waals surface area contributed by atoms with Gasteiger partial charge in [-0.15, -0.1) is 0 Å². The number of quaternary nitrogens is 1. The van der Waals surface area contributed by atoms with Crippen LogP contribution in [0.2, 0.25) is 0 Å². The minimum atomic E-state index is -4.33. The Morgan fingerprint density at radius 3 is 1.37 bits per heavy atom. The Balaban J connectivity index is 4.31. The van der Waals surface area contributed by atoms with E-state index in [0.29, 0.717) is 17.4 Å². The largest absolute Gasteiger partial charge is 0.472 e. The van der Waals surface area contributed by atoms with Gasteiger partial charge in [-0.1, -0.05) is 206 Å². The number of aliphatic hydroxyl groups is 1. The normalized spacial score (nSPS) is 14.4. The van der Waals surface area contributed by atoms with Crippen LogP contribution in [0.4, 0.5) is 0 Å². The second kappa shape index (κ2) is 37.8. The highest BCUT2D eigenvalue weighted by Gasteiger charge is 2.27. The molecule has 54 heavy (non-hydrogen) atoms. The van der Waals surface area contributed by atoms with Gasteiger partial charge in [-0.25, -0.2) is 4.57 Å². The Bertz CT molecular complexity index is 896. The first kappa shape index (κ1) is 53.2. The third-order valence-electron chi connectivity index (χ3n) is 10.5. The molecule has 0 aromatic heterocycles. The molecule has 0 aromatic rings. The van der Waals surface area contributed by atoms with Gasteiger partial charge in [0.15, 0.2) is 0 Å². The quantitative estimate of drug-likeness (QED) is 0.0246. The van der Waals surface area contributed by atoms with Gasteiger partial charge in [-0.2, -0.15) is 0 Å². The molecule has 0 saturated heterocycles. The van der Waals surface area contributed by atoms with Crippen LogP contribution in [0.25, 0.3) is 0 Å². The van der Waals surface area contributed by atoms with Crippen molar-refractivity contribution in [3.63, 3.8) is 0 Å². The second-order valence-corrected chi connectivity index (χ2v) is 18.6. The van der Waals surface area contributed by atoms with E-state index in [9.17, 15) is 19.4 Å². The van der Waals surface area contributed by atoms with Gasteiger partial charge in [-0.3, -0.25) is 13.8 Å². The maximum Gasteiger partial charge on any atom is 0.472 e. The highest BCUT2D eigenvalue weighted by Crippen LogP contribution is 2.43. The number of rotatable bonds is 42. The van der Waals surface area contributed by atoms with Crippen molar-refractivity contribution >= 4 is 13.7 Å². The molecule has 0 bridgehead atoms. The van der Waals surface area contributed by atoms with E-state index in [4.69, 9.17) is 9.05 Å². The summed E-state index contributed by atoms with van der Waals surface area (Å²) in [5.41, 5.74) is 0. The zero-order chi connectivity index (χ0) is 40.0. The van der Waals surface area contributed by atoms with E-state index in [2.05, 4.69) is 19.2 Å². The number of allylic oxidation sites excluding steroid dienone is 1. The Labute approximate surface area is 335 Å². The van der Waals surface area contributed by atoms with Gasteiger partial charge in [0.05, 0.1) is 39.9 Å². The molecule has 8 nitrogen and oxygen atoms in total. The van der Waals surface area contributed by atoms with E-state index in [1.54, 1.807) is 6.08 Å². The fourth-order valence-corrected chi connectivity index (χ4v) is 7.54. The van der Waals surface area contributed by atoms with Crippen LogP contribution < -0.4 is 5.32 Å². The SMILES string of the molecule is CCCCCCCCCCCCCCCCCCCCC/C=C/C(O)C(COP(=O)(O)OCC[N+](C)(C)C)NC(=O)CCCCCCCCCCCCC. The molecule has 0 spiro atoms. The molecule has 9 heteroatoms. The molecule has 1 amide bonds. The molecule has 0 aliphatic heterocycles. The fraction of sp³-hybridized carbons (Fsp3) is 0.933. The lowest BCUT2D eigenvalue weighted by molar-refractivity contribution is -0.870. The van der Waals surface area contributed by atoms with Crippen molar-refractivity contribution < 1.29 is 32.9 Å². The molecule has 0 radical (unpaired) electrons. The molecule has 3 unspecified atom stereocenters. The molecule has 0 saturated carbocycles. The molecule has 3 atom stereocenters. The molecule has 3 N–H and O–H groups in total. The molecular weight excluding hydrogens is 695 g/mol. The highest BCUT2D eigenvalue weighted by molar-refractivity contribution is 7.47. The highest BCUT2D eigenvalue weighted by atomic mass is 31.2. The van der Waals surface area contributed by atoms with Gasteiger partial charge in [0.2, 0.25) is 5.91 Å². The molecule has 0 rings (SSSR count). The first-order valence-electron chi connectivity index (χ1n) is 23.1. The van der Waals surface area contributed by atoms with Crippen molar-refractivity contribution in [1.29, 1.82) is 0 Å². The van der Waals surface area contributed by atoms with Crippen molar-refractivity contribution in [2.45, 2.75) is 231 Å². The number of carbonyl (C=O) groups is 1. The number of amides is 1. The minimum absolute atomic E-state index is 0.0645. The first-order valence-corrected chi connectivity index (χ1v) is 24.6. The van der Waals surface area contributed by atoms with E-state index in [1.807, 2.05) is 27.2 Å². The van der Waals surface area contributed by atoms with Crippen molar-refractivity contribution in [2.24, 2.45) is 0 Å². The summed E-state index contributed by atoms with van der Waals surface area (Å²) in [6.45, 7) is 4.82. The summed E-state index contributed by atoms with van der Waals surface area (Å²) in [5, 5.41) is 13.8. The second-order valence-electron chi connectivity index (χ2n) is 17.1. The summed E-state index contributed by atoms with van der Waals surface area (Å²) < 4.78 is 23.5. The maximum absolute atomic E-state index is 12.8. The molecule has 0 fully saturated rings. The number of carbonyl (C=O) groups excluding carboxylic acids is 1. The van der Waals surface area contributed by atoms with E-state index < -0.39 is 20.0 Å². The number of hydrogen-bond acceptors (Lipinski definition) is 5. The lowest BCUT2D eigenvalue weighted by Gasteiger charge is -2.25. The van der Waals surface area contributed by atoms with Crippen molar-refractivity contribution in [3.05, 3.63) is 12.2 Å².